The van der Waals surface area contributed by atoms with Crippen LogP contribution in [0.1, 0.15) is 39.5 Å². The number of anilines is 1. The number of ether oxygens (including phenoxy) is 1. The first-order chi connectivity index (χ1) is 9.67. The third-order valence-electron chi connectivity index (χ3n) is 4.24. The van der Waals surface area contributed by atoms with Crippen LogP contribution in [0.15, 0.2) is 24.3 Å². The van der Waals surface area contributed by atoms with Crippen molar-refractivity contribution in [2.75, 3.05) is 32.0 Å². The quantitative estimate of drug-likeness (QED) is 0.738. The lowest BCUT2D eigenvalue weighted by molar-refractivity contribution is -0.0207. The molecule has 0 aromatic heterocycles. The molecule has 2 N–H and O–H groups in total. The summed E-state index contributed by atoms with van der Waals surface area (Å²) < 4.78 is 5.76. The topological polar surface area (TPSA) is 38.5 Å². The minimum absolute atomic E-state index is 0.602. The van der Waals surface area contributed by atoms with E-state index in [-0.39, 0.29) is 0 Å². The van der Waals surface area contributed by atoms with Crippen LogP contribution in [0.5, 0.6) is 5.75 Å². The predicted molar refractivity (Wildman–Crippen MR) is 85.0 cm³/mol. The number of hydrogen-bond donors (Lipinski definition) is 1. The highest BCUT2D eigenvalue weighted by molar-refractivity contribution is 5.41. The van der Waals surface area contributed by atoms with Crippen LogP contribution in [0.4, 0.5) is 5.69 Å². The first-order valence-corrected chi connectivity index (χ1v) is 7.88. The Bertz CT molecular complexity index is 388. The molecule has 0 saturated carbocycles. The van der Waals surface area contributed by atoms with Crippen LogP contribution < -0.4 is 10.5 Å². The zero-order valence-corrected chi connectivity index (χ0v) is 12.9. The Morgan fingerprint density at radius 1 is 1.10 bits per heavy atom. The second-order valence-corrected chi connectivity index (χ2v) is 6.13. The second-order valence-electron chi connectivity index (χ2n) is 6.13. The molecule has 1 aromatic carbocycles. The normalized spacial score (nSPS) is 17.7. The molecule has 0 unspecified atom stereocenters. The minimum atomic E-state index is 0.602. The molecule has 1 aromatic rings. The zero-order valence-electron chi connectivity index (χ0n) is 12.9. The molecule has 1 saturated heterocycles. The zero-order chi connectivity index (χ0) is 14.4. The molecular formula is C17H28N2O. The van der Waals surface area contributed by atoms with Crippen LogP contribution in [0.25, 0.3) is 0 Å². The van der Waals surface area contributed by atoms with Gasteiger partial charge in [-0.05, 0) is 42.5 Å². The summed E-state index contributed by atoms with van der Waals surface area (Å²) in [4.78, 5) is 2.52. The fraction of sp³-hybridized carbons (Fsp3) is 0.647. The molecule has 112 valence electrons. The van der Waals surface area contributed by atoms with Crippen molar-refractivity contribution in [1.82, 2.24) is 4.90 Å². The van der Waals surface area contributed by atoms with Gasteiger partial charge in [0.2, 0.25) is 0 Å². The summed E-state index contributed by atoms with van der Waals surface area (Å²) in [5, 5.41) is 0. The Balaban J connectivity index is 1.68. The summed E-state index contributed by atoms with van der Waals surface area (Å²) in [7, 11) is 0. The van der Waals surface area contributed by atoms with Crippen molar-refractivity contribution < 1.29 is 4.74 Å². The van der Waals surface area contributed by atoms with Gasteiger partial charge in [-0.1, -0.05) is 26.7 Å². The monoisotopic (exact) mass is 276 g/mol. The Labute approximate surface area is 123 Å². The number of nitrogen functional groups attached to an aromatic ring is 1. The van der Waals surface area contributed by atoms with E-state index in [1.54, 1.807) is 0 Å². The molecule has 0 radical (unpaired) electrons. The number of benzene rings is 1. The van der Waals surface area contributed by atoms with E-state index in [0.29, 0.717) is 5.41 Å². The van der Waals surface area contributed by atoms with Crippen LogP contribution in [0, 0.1) is 5.41 Å². The van der Waals surface area contributed by atoms with Gasteiger partial charge in [0.05, 0.1) is 0 Å². The maximum absolute atomic E-state index is 5.76. The van der Waals surface area contributed by atoms with E-state index in [9.17, 15) is 0 Å². The van der Waals surface area contributed by atoms with E-state index in [2.05, 4.69) is 18.7 Å². The van der Waals surface area contributed by atoms with Crippen LogP contribution >= 0.6 is 0 Å². The summed E-state index contributed by atoms with van der Waals surface area (Å²) in [5.74, 6) is 0.910. The molecule has 20 heavy (non-hydrogen) atoms. The Hall–Kier alpha value is -1.22. The van der Waals surface area contributed by atoms with Gasteiger partial charge >= 0.3 is 0 Å². The van der Waals surface area contributed by atoms with Gasteiger partial charge in [0.1, 0.15) is 12.4 Å². The largest absolute Gasteiger partial charge is 0.492 e. The van der Waals surface area contributed by atoms with Crippen molar-refractivity contribution in [3.8, 4) is 5.75 Å². The number of nitrogens with zero attached hydrogens (tertiary/aromatic N) is 1. The first kappa shape index (κ1) is 15.2. The average Bonchev–Trinajstić information content (AvgIpc) is 2.39. The van der Waals surface area contributed by atoms with Gasteiger partial charge in [-0.2, -0.15) is 0 Å². The molecule has 3 heteroatoms. The van der Waals surface area contributed by atoms with Crippen LogP contribution in [-0.4, -0.2) is 31.1 Å². The summed E-state index contributed by atoms with van der Waals surface area (Å²) in [6.45, 7) is 8.88. The highest BCUT2D eigenvalue weighted by Gasteiger charge is 2.40. The van der Waals surface area contributed by atoms with E-state index in [0.717, 1.165) is 24.6 Å². The highest BCUT2D eigenvalue weighted by atomic mass is 16.5. The van der Waals surface area contributed by atoms with Crippen molar-refractivity contribution in [3.05, 3.63) is 24.3 Å². The van der Waals surface area contributed by atoms with Crippen molar-refractivity contribution in [2.24, 2.45) is 5.41 Å². The average molecular weight is 276 g/mol. The van der Waals surface area contributed by atoms with E-state index < -0.39 is 0 Å². The first-order valence-electron chi connectivity index (χ1n) is 7.88. The van der Waals surface area contributed by atoms with Crippen molar-refractivity contribution in [2.45, 2.75) is 39.5 Å². The van der Waals surface area contributed by atoms with Gasteiger partial charge in [-0.15, -0.1) is 0 Å². The van der Waals surface area contributed by atoms with Crippen LogP contribution in [-0.2, 0) is 0 Å². The molecular weight excluding hydrogens is 248 g/mol. The number of nitrogens with two attached hydrogens (primary N) is 1. The molecule has 0 aliphatic carbocycles. The van der Waals surface area contributed by atoms with E-state index in [1.807, 2.05) is 24.3 Å². The van der Waals surface area contributed by atoms with Crippen LogP contribution in [0.2, 0.25) is 0 Å². The molecule has 0 bridgehead atoms. The third-order valence-corrected chi connectivity index (χ3v) is 4.24. The molecule has 1 heterocycles. The lowest BCUT2D eigenvalue weighted by atomic mass is 9.73. The molecule has 1 aliphatic heterocycles. The summed E-state index contributed by atoms with van der Waals surface area (Å²) in [5.41, 5.74) is 7.04. The minimum Gasteiger partial charge on any atom is -0.492 e. The lowest BCUT2D eigenvalue weighted by Gasteiger charge is -2.50. The van der Waals surface area contributed by atoms with Gasteiger partial charge in [-0.25, -0.2) is 0 Å². The molecule has 2 rings (SSSR count). The van der Waals surface area contributed by atoms with Crippen molar-refractivity contribution >= 4 is 5.69 Å². The Morgan fingerprint density at radius 3 is 2.25 bits per heavy atom. The van der Waals surface area contributed by atoms with Crippen molar-refractivity contribution in [3.63, 3.8) is 0 Å². The fourth-order valence-corrected chi connectivity index (χ4v) is 3.42. The van der Waals surface area contributed by atoms with Crippen molar-refractivity contribution in [1.29, 1.82) is 0 Å². The Kier molecular flexibility index (Phi) is 5.30. The van der Waals surface area contributed by atoms with E-state index in [1.165, 1.54) is 38.8 Å². The fourth-order valence-electron chi connectivity index (χ4n) is 3.42. The SMILES string of the molecule is CCCC1(CCC)CN(CCOc2ccc(N)cc2)C1. The predicted octanol–water partition coefficient (Wildman–Crippen LogP) is 3.55. The number of rotatable bonds is 8. The van der Waals surface area contributed by atoms with E-state index in [4.69, 9.17) is 10.5 Å². The number of likely N-dealkylation sites (tertiary alicyclic amines) is 1. The summed E-state index contributed by atoms with van der Waals surface area (Å²) in [6.07, 6.45) is 5.35. The molecule has 0 atom stereocenters. The van der Waals surface area contributed by atoms with Gasteiger partial charge in [0, 0.05) is 25.3 Å². The molecule has 0 amide bonds. The lowest BCUT2D eigenvalue weighted by Crippen LogP contribution is -2.57. The maximum atomic E-state index is 5.76. The van der Waals surface area contributed by atoms with Crippen LogP contribution in [0.3, 0.4) is 0 Å². The van der Waals surface area contributed by atoms with Gasteiger partial charge in [-0.3, -0.25) is 4.90 Å². The van der Waals surface area contributed by atoms with E-state index >= 15 is 0 Å². The summed E-state index contributed by atoms with van der Waals surface area (Å²) >= 11 is 0. The molecule has 0 spiro atoms. The smallest absolute Gasteiger partial charge is 0.119 e. The number of hydrogen-bond acceptors (Lipinski definition) is 3. The Morgan fingerprint density at radius 2 is 1.70 bits per heavy atom. The molecule has 1 fully saturated rings. The second kappa shape index (κ2) is 6.98. The van der Waals surface area contributed by atoms with Gasteiger partial charge in [0.25, 0.3) is 0 Å². The van der Waals surface area contributed by atoms with Gasteiger partial charge < -0.3 is 10.5 Å². The molecule has 1 aliphatic rings. The maximum Gasteiger partial charge on any atom is 0.119 e. The standard InChI is InChI=1S/C17H28N2O/c1-3-9-17(10-4-2)13-19(14-17)11-12-20-16-7-5-15(18)6-8-16/h5-8H,3-4,9-14,18H2,1-2H3. The highest BCUT2D eigenvalue weighted by Crippen LogP contribution is 2.39. The van der Waals surface area contributed by atoms with Gasteiger partial charge in [0.15, 0.2) is 0 Å². The third kappa shape index (κ3) is 3.89. The summed E-state index contributed by atoms with van der Waals surface area (Å²) in [6, 6.07) is 7.63. The molecule has 3 nitrogen and oxygen atoms in total.